The van der Waals surface area contributed by atoms with E-state index in [0.717, 1.165) is 16.5 Å². The van der Waals surface area contributed by atoms with Crippen LogP contribution >= 0.6 is 0 Å². The maximum absolute atomic E-state index is 12.4. The van der Waals surface area contributed by atoms with Gasteiger partial charge in [-0.15, -0.1) is 0 Å². The first-order valence-electron chi connectivity index (χ1n) is 6.89. The van der Waals surface area contributed by atoms with Crippen molar-refractivity contribution in [2.45, 2.75) is 6.42 Å². The zero-order valence-corrected chi connectivity index (χ0v) is 11.8. The van der Waals surface area contributed by atoms with Crippen LogP contribution < -0.4 is 5.32 Å². The van der Waals surface area contributed by atoms with Gasteiger partial charge in [0, 0.05) is 22.8 Å². The van der Waals surface area contributed by atoms with E-state index in [9.17, 15) is 4.79 Å². The Labute approximate surface area is 128 Å². The van der Waals surface area contributed by atoms with Gasteiger partial charge >= 0.3 is 0 Å². The third-order valence-corrected chi connectivity index (χ3v) is 3.39. The minimum atomic E-state index is -0.174. The summed E-state index contributed by atoms with van der Waals surface area (Å²) < 4.78 is 0. The fourth-order valence-corrected chi connectivity index (χ4v) is 2.30. The number of anilines is 1. The van der Waals surface area contributed by atoms with E-state index in [1.54, 1.807) is 24.4 Å². The van der Waals surface area contributed by atoms with Crippen LogP contribution in [0.25, 0.3) is 10.9 Å². The van der Waals surface area contributed by atoms with Crippen LogP contribution in [0.15, 0.2) is 60.8 Å². The predicted octanol–water partition coefficient (Wildman–Crippen LogP) is 3.55. The summed E-state index contributed by atoms with van der Waals surface area (Å²) in [5, 5.41) is 12.4. The molecule has 2 aromatic carbocycles. The molecule has 1 N–H and O–H groups in total. The number of fused-ring (bicyclic) bond motifs is 1. The maximum atomic E-state index is 12.4. The Morgan fingerprint density at radius 1 is 1.09 bits per heavy atom. The number of hydrogen-bond acceptors (Lipinski definition) is 3. The summed E-state index contributed by atoms with van der Waals surface area (Å²) in [6.45, 7) is 0. The van der Waals surface area contributed by atoms with Crippen molar-refractivity contribution in [3.8, 4) is 6.07 Å². The summed E-state index contributed by atoms with van der Waals surface area (Å²) in [4.78, 5) is 16.7. The second-order valence-corrected chi connectivity index (χ2v) is 4.86. The average molecular weight is 287 g/mol. The van der Waals surface area contributed by atoms with Crippen molar-refractivity contribution >= 4 is 22.5 Å². The van der Waals surface area contributed by atoms with Gasteiger partial charge in [-0.05, 0) is 35.9 Å². The number of pyridine rings is 1. The molecule has 0 saturated heterocycles. The highest BCUT2D eigenvalue weighted by Crippen LogP contribution is 2.18. The molecule has 0 bridgehead atoms. The summed E-state index contributed by atoms with van der Waals surface area (Å²) in [6.07, 6.45) is 2.07. The summed E-state index contributed by atoms with van der Waals surface area (Å²) >= 11 is 0. The lowest BCUT2D eigenvalue weighted by atomic mass is 10.1. The molecular weight excluding hydrogens is 274 g/mol. The number of nitriles is 1. The van der Waals surface area contributed by atoms with Crippen LogP contribution in [-0.4, -0.2) is 10.9 Å². The van der Waals surface area contributed by atoms with E-state index >= 15 is 0 Å². The standard InChI is InChI=1S/C18H13N3O/c19-11-10-13-6-8-14(9-7-13)21-18(22)16-3-1-5-17-15(16)4-2-12-20-17/h1-9,12H,10H2,(H,21,22). The van der Waals surface area contributed by atoms with E-state index in [0.29, 0.717) is 17.7 Å². The first kappa shape index (κ1) is 13.8. The summed E-state index contributed by atoms with van der Waals surface area (Å²) in [6, 6.07) is 18.5. The van der Waals surface area contributed by atoms with E-state index in [2.05, 4.69) is 16.4 Å². The first-order chi connectivity index (χ1) is 10.8. The summed E-state index contributed by atoms with van der Waals surface area (Å²) in [7, 11) is 0. The van der Waals surface area contributed by atoms with E-state index in [4.69, 9.17) is 5.26 Å². The minimum absolute atomic E-state index is 0.174. The van der Waals surface area contributed by atoms with Gasteiger partial charge in [0.1, 0.15) is 0 Å². The lowest BCUT2D eigenvalue weighted by molar-refractivity contribution is 0.102. The Hall–Kier alpha value is -3.19. The molecule has 1 heterocycles. The van der Waals surface area contributed by atoms with E-state index in [-0.39, 0.29) is 5.91 Å². The van der Waals surface area contributed by atoms with Gasteiger partial charge < -0.3 is 5.32 Å². The predicted molar refractivity (Wildman–Crippen MR) is 85.5 cm³/mol. The molecule has 0 fully saturated rings. The smallest absolute Gasteiger partial charge is 0.256 e. The fraction of sp³-hybridized carbons (Fsp3) is 0.0556. The van der Waals surface area contributed by atoms with Crippen LogP contribution in [0.5, 0.6) is 0 Å². The number of carbonyl (C=O) groups is 1. The quantitative estimate of drug-likeness (QED) is 0.801. The molecule has 0 aliphatic rings. The minimum Gasteiger partial charge on any atom is -0.322 e. The van der Waals surface area contributed by atoms with Crippen molar-refractivity contribution in [2.24, 2.45) is 0 Å². The Morgan fingerprint density at radius 3 is 2.68 bits per heavy atom. The zero-order chi connectivity index (χ0) is 15.4. The molecule has 4 heteroatoms. The third-order valence-electron chi connectivity index (χ3n) is 3.39. The SMILES string of the molecule is N#CCc1ccc(NC(=O)c2cccc3ncccc23)cc1. The monoisotopic (exact) mass is 287 g/mol. The van der Waals surface area contributed by atoms with Gasteiger partial charge in [0.2, 0.25) is 0 Å². The Morgan fingerprint density at radius 2 is 1.91 bits per heavy atom. The topological polar surface area (TPSA) is 65.8 Å². The summed E-state index contributed by atoms with van der Waals surface area (Å²) in [5.41, 5.74) is 3.01. The van der Waals surface area contributed by atoms with Gasteiger partial charge in [-0.25, -0.2) is 0 Å². The van der Waals surface area contributed by atoms with Gasteiger partial charge in [-0.3, -0.25) is 9.78 Å². The normalized spacial score (nSPS) is 10.1. The van der Waals surface area contributed by atoms with Crippen molar-refractivity contribution in [1.82, 2.24) is 4.98 Å². The second kappa shape index (κ2) is 6.06. The van der Waals surface area contributed by atoms with E-state index in [1.165, 1.54) is 0 Å². The second-order valence-electron chi connectivity index (χ2n) is 4.86. The fourth-order valence-electron chi connectivity index (χ4n) is 2.30. The lowest BCUT2D eigenvalue weighted by Crippen LogP contribution is -2.12. The molecule has 0 unspecified atom stereocenters. The van der Waals surface area contributed by atoms with Crippen molar-refractivity contribution in [1.29, 1.82) is 5.26 Å². The molecule has 1 aromatic heterocycles. The van der Waals surface area contributed by atoms with Crippen LogP contribution in [0.4, 0.5) is 5.69 Å². The molecule has 106 valence electrons. The number of nitrogens with zero attached hydrogens (tertiary/aromatic N) is 2. The highest BCUT2D eigenvalue weighted by Gasteiger charge is 2.10. The molecular formula is C18H13N3O. The van der Waals surface area contributed by atoms with Crippen molar-refractivity contribution in [3.05, 3.63) is 71.9 Å². The molecule has 0 radical (unpaired) electrons. The zero-order valence-electron chi connectivity index (χ0n) is 11.8. The Balaban J connectivity index is 1.86. The summed E-state index contributed by atoms with van der Waals surface area (Å²) in [5.74, 6) is -0.174. The number of carbonyl (C=O) groups excluding carboxylic acids is 1. The molecule has 3 rings (SSSR count). The van der Waals surface area contributed by atoms with E-state index in [1.807, 2.05) is 36.4 Å². The molecule has 0 aliphatic carbocycles. The average Bonchev–Trinajstić information content (AvgIpc) is 2.56. The van der Waals surface area contributed by atoms with Gasteiger partial charge in [-0.2, -0.15) is 5.26 Å². The number of amides is 1. The number of aromatic nitrogens is 1. The van der Waals surface area contributed by atoms with Crippen LogP contribution in [0.1, 0.15) is 15.9 Å². The van der Waals surface area contributed by atoms with Gasteiger partial charge in [0.05, 0.1) is 18.0 Å². The molecule has 1 amide bonds. The highest BCUT2D eigenvalue weighted by molar-refractivity contribution is 6.12. The molecule has 22 heavy (non-hydrogen) atoms. The molecule has 4 nitrogen and oxygen atoms in total. The molecule has 0 spiro atoms. The lowest BCUT2D eigenvalue weighted by Gasteiger charge is -2.08. The Kier molecular flexibility index (Phi) is 3.80. The van der Waals surface area contributed by atoms with Gasteiger partial charge in [-0.1, -0.05) is 24.3 Å². The number of nitrogens with one attached hydrogen (secondary N) is 1. The number of hydrogen-bond donors (Lipinski definition) is 1. The van der Waals surface area contributed by atoms with Crippen molar-refractivity contribution < 1.29 is 4.79 Å². The van der Waals surface area contributed by atoms with Crippen LogP contribution in [0, 0.1) is 11.3 Å². The first-order valence-corrected chi connectivity index (χ1v) is 6.89. The van der Waals surface area contributed by atoms with Crippen LogP contribution in [0.2, 0.25) is 0 Å². The molecule has 3 aromatic rings. The maximum Gasteiger partial charge on any atom is 0.256 e. The molecule has 0 atom stereocenters. The number of rotatable bonds is 3. The van der Waals surface area contributed by atoms with Gasteiger partial charge in [0.25, 0.3) is 5.91 Å². The van der Waals surface area contributed by atoms with Crippen LogP contribution in [-0.2, 0) is 6.42 Å². The third kappa shape index (κ3) is 2.79. The van der Waals surface area contributed by atoms with Crippen LogP contribution in [0.3, 0.4) is 0 Å². The van der Waals surface area contributed by atoms with E-state index < -0.39 is 0 Å². The highest BCUT2D eigenvalue weighted by atomic mass is 16.1. The molecule has 0 saturated carbocycles. The van der Waals surface area contributed by atoms with Gasteiger partial charge in [0.15, 0.2) is 0 Å². The molecule has 0 aliphatic heterocycles. The van der Waals surface area contributed by atoms with Crippen molar-refractivity contribution in [3.63, 3.8) is 0 Å². The number of benzene rings is 2. The Bertz CT molecular complexity index is 858. The largest absolute Gasteiger partial charge is 0.322 e. The van der Waals surface area contributed by atoms with Crippen molar-refractivity contribution in [2.75, 3.05) is 5.32 Å².